The minimum Gasteiger partial charge on any atom is -0.462 e. The van der Waals surface area contributed by atoms with Crippen LogP contribution in [0.2, 0.25) is 0 Å². The highest BCUT2D eigenvalue weighted by Gasteiger charge is 2.23. The van der Waals surface area contributed by atoms with Gasteiger partial charge in [-0.1, -0.05) is 12.1 Å². The summed E-state index contributed by atoms with van der Waals surface area (Å²) in [5.41, 5.74) is 1.81. The molecule has 2 N–H and O–H groups in total. The summed E-state index contributed by atoms with van der Waals surface area (Å²) in [6.45, 7) is 3.70. The molecule has 3 rings (SSSR count). The molecule has 0 aliphatic heterocycles. The average molecular weight is 450 g/mol. The lowest BCUT2D eigenvalue weighted by atomic mass is 10.1. The molecule has 1 aliphatic carbocycles. The summed E-state index contributed by atoms with van der Waals surface area (Å²) in [4.78, 5) is 48.7. The summed E-state index contributed by atoms with van der Waals surface area (Å²) >= 11 is 0. The predicted molar refractivity (Wildman–Crippen MR) is 123 cm³/mol. The largest absolute Gasteiger partial charge is 0.462 e. The minimum absolute atomic E-state index is 0.107. The molecule has 0 spiro atoms. The van der Waals surface area contributed by atoms with Gasteiger partial charge in [0.05, 0.1) is 24.3 Å². The standard InChI is InChI=1S/C25H26N2O6/c1-3-32-24(30)18-13-19(25(31)33-4-2)15-21(14-18)26-22(28)12-7-16-5-8-17(9-6-16)23(29)27-20-10-11-20/h5-9,12-15,20H,3-4,10-11H2,1-2H3,(H,26,28)(H,27,29)/b12-7+. The Balaban J connectivity index is 1.69. The molecule has 1 fully saturated rings. The summed E-state index contributed by atoms with van der Waals surface area (Å²) in [6, 6.07) is 11.4. The maximum atomic E-state index is 12.4. The van der Waals surface area contributed by atoms with Crippen LogP contribution < -0.4 is 10.6 Å². The van der Waals surface area contributed by atoms with Crippen LogP contribution in [0.25, 0.3) is 6.08 Å². The fraction of sp³-hybridized carbons (Fsp3) is 0.280. The number of ether oxygens (including phenoxy) is 2. The number of hydrogen-bond donors (Lipinski definition) is 2. The van der Waals surface area contributed by atoms with Gasteiger partial charge in [0.25, 0.3) is 5.91 Å². The maximum absolute atomic E-state index is 12.4. The molecular weight excluding hydrogens is 424 g/mol. The Bertz CT molecular complexity index is 1030. The highest BCUT2D eigenvalue weighted by atomic mass is 16.5. The van der Waals surface area contributed by atoms with Crippen LogP contribution in [0.5, 0.6) is 0 Å². The van der Waals surface area contributed by atoms with Gasteiger partial charge < -0.3 is 20.1 Å². The van der Waals surface area contributed by atoms with Crippen LogP contribution in [0.3, 0.4) is 0 Å². The summed E-state index contributed by atoms with van der Waals surface area (Å²) in [5, 5.41) is 5.56. The van der Waals surface area contributed by atoms with Crippen molar-refractivity contribution >= 4 is 35.5 Å². The molecule has 172 valence electrons. The number of rotatable bonds is 9. The highest BCUT2D eigenvalue weighted by molar-refractivity contribution is 6.04. The molecule has 0 aromatic heterocycles. The Morgan fingerprint density at radius 3 is 1.97 bits per heavy atom. The second-order valence-electron chi connectivity index (χ2n) is 7.43. The first kappa shape index (κ1) is 23.7. The predicted octanol–water partition coefficient (Wildman–Crippen LogP) is 3.58. The molecule has 2 aromatic rings. The lowest BCUT2D eigenvalue weighted by Gasteiger charge is -2.09. The van der Waals surface area contributed by atoms with Crippen LogP contribution in [0.15, 0.2) is 48.5 Å². The molecule has 2 aromatic carbocycles. The van der Waals surface area contributed by atoms with Gasteiger partial charge in [0, 0.05) is 23.4 Å². The summed E-state index contributed by atoms with van der Waals surface area (Å²) in [7, 11) is 0. The third kappa shape index (κ3) is 7.03. The van der Waals surface area contributed by atoms with Crippen molar-refractivity contribution in [2.75, 3.05) is 18.5 Å². The number of esters is 2. The van der Waals surface area contributed by atoms with E-state index in [1.54, 1.807) is 44.2 Å². The third-order valence-corrected chi connectivity index (χ3v) is 4.74. The fourth-order valence-corrected chi connectivity index (χ4v) is 2.96. The van der Waals surface area contributed by atoms with Crippen molar-refractivity contribution in [1.82, 2.24) is 5.32 Å². The summed E-state index contributed by atoms with van der Waals surface area (Å²) < 4.78 is 9.99. The number of carbonyl (C=O) groups is 4. The smallest absolute Gasteiger partial charge is 0.338 e. The number of benzene rings is 2. The molecule has 0 unspecified atom stereocenters. The van der Waals surface area contributed by atoms with E-state index >= 15 is 0 Å². The molecule has 8 nitrogen and oxygen atoms in total. The fourth-order valence-electron chi connectivity index (χ4n) is 2.96. The first-order chi connectivity index (χ1) is 15.9. The Morgan fingerprint density at radius 1 is 0.879 bits per heavy atom. The van der Waals surface area contributed by atoms with Gasteiger partial charge in [-0.25, -0.2) is 9.59 Å². The zero-order chi connectivity index (χ0) is 23.8. The second-order valence-corrected chi connectivity index (χ2v) is 7.43. The van der Waals surface area contributed by atoms with Crippen molar-refractivity contribution in [2.45, 2.75) is 32.7 Å². The van der Waals surface area contributed by atoms with Crippen LogP contribution >= 0.6 is 0 Å². The number of carbonyl (C=O) groups excluding carboxylic acids is 4. The van der Waals surface area contributed by atoms with Gasteiger partial charge >= 0.3 is 11.9 Å². The van der Waals surface area contributed by atoms with Crippen molar-refractivity contribution in [1.29, 1.82) is 0 Å². The SMILES string of the molecule is CCOC(=O)c1cc(NC(=O)/C=C/c2ccc(C(=O)NC3CC3)cc2)cc(C(=O)OCC)c1. The van der Waals surface area contributed by atoms with Crippen LogP contribution in [0, 0.1) is 0 Å². The van der Waals surface area contributed by atoms with E-state index in [0.29, 0.717) is 5.56 Å². The lowest BCUT2D eigenvalue weighted by molar-refractivity contribution is -0.111. The van der Waals surface area contributed by atoms with E-state index in [9.17, 15) is 19.2 Å². The number of anilines is 1. The quantitative estimate of drug-likeness (QED) is 0.446. The Labute approximate surface area is 192 Å². The van der Waals surface area contributed by atoms with Crippen LogP contribution in [-0.4, -0.2) is 43.0 Å². The Kier molecular flexibility index (Phi) is 7.96. The van der Waals surface area contributed by atoms with E-state index in [0.717, 1.165) is 18.4 Å². The molecule has 0 heterocycles. The van der Waals surface area contributed by atoms with Crippen molar-refractivity contribution in [3.05, 3.63) is 70.8 Å². The Morgan fingerprint density at radius 2 is 1.45 bits per heavy atom. The van der Waals surface area contributed by atoms with Crippen molar-refractivity contribution in [3.63, 3.8) is 0 Å². The Hall–Kier alpha value is -3.94. The molecule has 8 heteroatoms. The van der Waals surface area contributed by atoms with Crippen LogP contribution in [0.1, 0.15) is 63.3 Å². The zero-order valence-corrected chi connectivity index (χ0v) is 18.6. The van der Waals surface area contributed by atoms with Crippen molar-refractivity contribution in [3.8, 4) is 0 Å². The maximum Gasteiger partial charge on any atom is 0.338 e. The molecular formula is C25H26N2O6. The monoisotopic (exact) mass is 450 g/mol. The first-order valence-corrected chi connectivity index (χ1v) is 10.8. The minimum atomic E-state index is -0.611. The molecule has 0 bridgehead atoms. The van der Waals surface area contributed by atoms with Gasteiger partial charge in [0.1, 0.15) is 0 Å². The number of amides is 2. The van der Waals surface area contributed by atoms with E-state index < -0.39 is 17.8 Å². The highest BCUT2D eigenvalue weighted by Crippen LogP contribution is 2.20. The van der Waals surface area contributed by atoms with Gasteiger partial charge in [0.2, 0.25) is 5.91 Å². The van der Waals surface area contributed by atoms with E-state index in [1.807, 2.05) is 0 Å². The van der Waals surface area contributed by atoms with E-state index in [4.69, 9.17) is 9.47 Å². The lowest BCUT2D eigenvalue weighted by Crippen LogP contribution is -2.25. The molecule has 2 amide bonds. The molecule has 0 atom stereocenters. The van der Waals surface area contributed by atoms with E-state index in [-0.39, 0.29) is 42.0 Å². The van der Waals surface area contributed by atoms with Crippen LogP contribution in [-0.2, 0) is 14.3 Å². The summed E-state index contributed by atoms with van der Waals surface area (Å²) in [6.07, 6.45) is 4.96. The van der Waals surface area contributed by atoms with Crippen LogP contribution in [0.4, 0.5) is 5.69 Å². The molecule has 33 heavy (non-hydrogen) atoms. The van der Waals surface area contributed by atoms with Gasteiger partial charge in [-0.2, -0.15) is 0 Å². The number of nitrogens with one attached hydrogen (secondary N) is 2. The molecule has 0 radical (unpaired) electrons. The zero-order valence-electron chi connectivity index (χ0n) is 18.6. The average Bonchev–Trinajstić information content (AvgIpc) is 3.62. The molecule has 1 saturated carbocycles. The molecule has 1 aliphatic rings. The third-order valence-electron chi connectivity index (χ3n) is 4.74. The van der Waals surface area contributed by atoms with E-state index in [2.05, 4.69) is 10.6 Å². The second kappa shape index (κ2) is 11.1. The van der Waals surface area contributed by atoms with Gasteiger partial charge in [-0.05, 0) is 68.7 Å². The summed E-state index contributed by atoms with van der Waals surface area (Å²) in [5.74, 6) is -1.79. The first-order valence-electron chi connectivity index (χ1n) is 10.8. The topological polar surface area (TPSA) is 111 Å². The van der Waals surface area contributed by atoms with Gasteiger partial charge in [-0.3, -0.25) is 9.59 Å². The number of hydrogen-bond acceptors (Lipinski definition) is 6. The van der Waals surface area contributed by atoms with Crippen molar-refractivity contribution < 1.29 is 28.7 Å². The normalized spacial score (nSPS) is 12.8. The van der Waals surface area contributed by atoms with Gasteiger partial charge in [-0.15, -0.1) is 0 Å². The molecule has 0 saturated heterocycles. The van der Waals surface area contributed by atoms with Crippen molar-refractivity contribution in [2.24, 2.45) is 0 Å². The van der Waals surface area contributed by atoms with Gasteiger partial charge in [0.15, 0.2) is 0 Å². The van der Waals surface area contributed by atoms with E-state index in [1.165, 1.54) is 24.3 Å².